The van der Waals surface area contributed by atoms with Gasteiger partial charge in [-0.25, -0.2) is 0 Å². The number of halogens is 1. The normalized spacial score (nSPS) is 12.5. The van der Waals surface area contributed by atoms with Crippen molar-refractivity contribution in [2.45, 2.75) is 32.9 Å². The van der Waals surface area contributed by atoms with Crippen molar-refractivity contribution < 1.29 is 9.90 Å². The number of aliphatic hydroxyl groups is 1. The van der Waals surface area contributed by atoms with E-state index in [1.807, 2.05) is 13.8 Å². The molecule has 16 heavy (non-hydrogen) atoms. The van der Waals surface area contributed by atoms with Crippen molar-refractivity contribution in [3.05, 3.63) is 23.0 Å². The predicted molar refractivity (Wildman–Crippen MR) is 63.7 cm³/mol. The standard InChI is InChI=1S/C11H17ClN2O2/c1-3-9(7-15)13-11(16)10-5-8(12)6-14(10)4-2/h5-6,9,15H,3-4,7H2,1-2H3,(H,13,16)/t9-/m0/s1. The number of nitrogens with one attached hydrogen (secondary N) is 1. The van der Waals surface area contributed by atoms with Gasteiger partial charge in [-0.1, -0.05) is 18.5 Å². The summed E-state index contributed by atoms with van der Waals surface area (Å²) < 4.78 is 1.78. The van der Waals surface area contributed by atoms with E-state index in [1.165, 1.54) is 0 Å². The first kappa shape index (κ1) is 13.1. The Morgan fingerprint density at radius 2 is 2.31 bits per heavy atom. The fraction of sp³-hybridized carbons (Fsp3) is 0.545. The van der Waals surface area contributed by atoms with E-state index in [2.05, 4.69) is 5.32 Å². The van der Waals surface area contributed by atoms with Crippen LogP contribution in [0.4, 0.5) is 0 Å². The van der Waals surface area contributed by atoms with Gasteiger partial charge in [-0.05, 0) is 19.4 Å². The van der Waals surface area contributed by atoms with Crippen LogP contribution in [0.15, 0.2) is 12.3 Å². The molecule has 0 spiro atoms. The summed E-state index contributed by atoms with van der Waals surface area (Å²) in [4.78, 5) is 11.9. The average molecular weight is 245 g/mol. The third kappa shape index (κ3) is 3.00. The summed E-state index contributed by atoms with van der Waals surface area (Å²) in [6.45, 7) is 4.48. The van der Waals surface area contributed by atoms with Gasteiger partial charge < -0.3 is 15.0 Å². The van der Waals surface area contributed by atoms with Gasteiger partial charge in [0, 0.05) is 12.7 Å². The predicted octanol–water partition coefficient (Wildman–Crippen LogP) is 1.66. The summed E-state index contributed by atoms with van der Waals surface area (Å²) in [5, 5.41) is 12.3. The van der Waals surface area contributed by atoms with Crippen LogP contribution in [0.1, 0.15) is 30.8 Å². The number of carbonyl (C=O) groups excluding carboxylic acids is 1. The molecule has 1 rings (SSSR count). The first-order valence-electron chi connectivity index (χ1n) is 5.39. The highest BCUT2D eigenvalue weighted by Crippen LogP contribution is 2.14. The van der Waals surface area contributed by atoms with E-state index < -0.39 is 0 Å². The summed E-state index contributed by atoms with van der Waals surface area (Å²) in [5.74, 6) is -0.199. The molecule has 0 unspecified atom stereocenters. The maximum atomic E-state index is 11.9. The molecule has 1 atom stereocenters. The van der Waals surface area contributed by atoms with Gasteiger partial charge in [0.05, 0.1) is 17.7 Å². The van der Waals surface area contributed by atoms with E-state index in [9.17, 15) is 4.79 Å². The van der Waals surface area contributed by atoms with E-state index in [1.54, 1.807) is 16.8 Å². The largest absolute Gasteiger partial charge is 0.394 e. The van der Waals surface area contributed by atoms with Gasteiger partial charge in [-0.3, -0.25) is 4.79 Å². The van der Waals surface area contributed by atoms with Gasteiger partial charge in [0.15, 0.2) is 0 Å². The monoisotopic (exact) mass is 244 g/mol. The number of hydrogen-bond acceptors (Lipinski definition) is 2. The van der Waals surface area contributed by atoms with Gasteiger partial charge in [0.2, 0.25) is 0 Å². The van der Waals surface area contributed by atoms with Crippen molar-refractivity contribution in [2.75, 3.05) is 6.61 Å². The van der Waals surface area contributed by atoms with Crippen LogP contribution >= 0.6 is 11.6 Å². The number of nitrogens with zero attached hydrogens (tertiary/aromatic N) is 1. The Bertz CT molecular complexity index is 359. The molecule has 0 saturated carbocycles. The van der Waals surface area contributed by atoms with Crippen LogP contribution in [0.25, 0.3) is 0 Å². The molecule has 5 heteroatoms. The van der Waals surface area contributed by atoms with Crippen molar-refractivity contribution in [2.24, 2.45) is 0 Å². The molecule has 0 bridgehead atoms. The Balaban J connectivity index is 2.79. The molecular weight excluding hydrogens is 228 g/mol. The minimum atomic E-state index is -0.202. The fourth-order valence-electron chi connectivity index (χ4n) is 1.46. The second-order valence-corrected chi connectivity index (χ2v) is 4.03. The van der Waals surface area contributed by atoms with E-state index >= 15 is 0 Å². The molecule has 1 heterocycles. The molecule has 0 aliphatic rings. The van der Waals surface area contributed by atoms with Crippen LogP contribution in [0.3, 0.4) is 0 Å². The summed E-state index contributed by atoms with van der Waals surface area (Å²) in [5.41, 5.74) is 0.527. The second kappa shape index (κ2) is 5.92. The van der Waals surface area contributed by atoms with Gasteiger partial charge in [-0.2, -0.15) is 0 Å². The third-order valence-corrected chi connectivity index (χ3v) is 2.69. The Morgan fingerprint density at radius 3 is 2.81 bits per heavy atom. The lowest BCUT2D eigenvalue weighted by molar-refractivity contribution is 0.0905. The highest BCUT2D eigenvalue weighted by molar-refractivity contribution is 6.31. The van der Waals surface area contributed by atoms with Crippen molar-refractivity contribution in [3.8, 4) is 0 Å². The molecule has 1 aromatic rings. The van der Waals surface area contributed by atoms with Crippen molar-refractivity contribution in [1.82, 2.24) is 9.88 Å². The highest BCUT2D eigenvalue weighted by Gasteiger charge is 2.15. The van der Waals surface area contributed by atoms with Gasteiger partial charge in [-0.15, -0.1) is 0 Å². The minimum Gasteiger partial charge on any atom is -0.394 e. The molecule has 0 aliphatic heterocycles. The van der Waals surface area contributed by atoms with Crippen molar-refractivity contribution in [1.29, 1.82) is 0 Å². The molecule has 4 nitrogen and oxygen atoms in total. The maximum absolute atomic E-state index is 11.9. The number of amides is 1. The van der Waals surface area contributed by atoms with Gasteiger partial charge in [0.25, 0.3) is 5.91 Å². The van der Waals surface area contributed by atoms with E-state index in [4.69, 9.17) is 16.7 Å². The van der Waals surface area contributed by atoms with Gasteiger partial charge >= 0.3 is 0 Å². The zero-order valence-electron chi connectivity index (χ0n) is 9.53. The topological polar surface area (TPSA) is 54.3 Å². The Hall–Kier alpha value is -1.00. The number of carbonyl (C=O) groups is 1. The van der Waals surface area contributed by atoms with Crippen molar-refractivity contribution in [3.63, 3.8) is 0 Å². The number of aliphatic hydroxyl groups excluding tert-OH is 1. The molecular formula is C11H17ClN2O2. The molecule has 2 N–H and O–H groups in total. The first-order chi connectivity index (χ1) is 7.62. The van der Waals surface area contributed by atoms with Crippen LogP contribution in [0, 0.1) is 0 Å². The summed E-state index contributed by atoms with van der Waals surface area (Å²) in [7, 11) is 0. The fourth-order valence-corrected chi connectivity index (χ4v) is 1.68. The smallest absolute Gasteiger partial charge is 0.268 e. The third-order valence-electron chi connectivity index (χ3n) is 2.48. The quantitative estimate of drug-likeness (QED) is 0.828. The Morgan fingerprint density at radius 1 is 1.62 bits per heavy atom. The average Bonchev–Trinajstić information content (AvgIpc) is 2.67. The lowest BCUT2D eigenvalue weighted by atomic mass is 10.2. The van der Waals surface area contributed by atoms with Crippen LogP contribution < -0.4 is 5.32 Å². The maximum Gasteiger partial charge on any atom is 0.268 e. The molecule has 1 amide bonds. The molecule has 0 aliphatic carbocycles. The second-order valence-electron chi connectivity index (χ2n) is 3.59. The first-order valence-corrected chi connectivity index (χ1v) is 5.77. The number of rotatable bonds is 5. The van der Waals surface area contributed by atoms with E-state index in [0.29, 0.717) is 23.7 Å². The minimum absolute atomic E-state index is 0.0528. The zero-order chi connectivity index (χ0) is 12.1. The Labute approximate surface area is 100 Å². The molecule has 0 saturated heterocycles. The summed E-state index contributed by atoms with van der Waals surface area (Å²) in [6.07, 6.45) is 2.42. The highest BCUT2D eigenvalue weighted by atomic mass is 35.5. The zero-order valence-corrected chi connectivity index (χ0v) is 10.3. The Kier molecular flexibility index (Phi) is 4.83. The molecule has 0 fully saturated rings. The summed E-state index contributed by atoms with van der Waals surface area (Å²) >= 11 is 5.84. The van der Waals surface area contributed by atoms with Crippen LogP contribution in [0.2, 0.25) is 5.02 Å². The lowest BCUT2D eigenvalue weighted by Gasteiger charge is -2.14. The SMILES string of the molecule is CC[C@@H](CO)NC(=O)c1cc(Cl)cn1CC. The summed E-state index contributed by atoms with van der Waals surface area (Å²) in [6, 6.07) is 1.43. The van der Waals surface area contributed by atoms with Crippen LogP contribution in [0.5, 0.6) is 0 Å². The molecule has 1 aromatic heterocycles. The van der Waals surface area contributed by atoms with Crippen LogP contribution in [-0.4, -0.2) is 28.2 Å². The lowest BCUT2D eigenvalue weighted by Crippen LogP contribution is -2.37. The number of hydrogen-bond donors (Lipinski definition) is 2. The molecule has 0 aromatic carbocycles. The number of aryl methyl sites for hydroxylation is 1. The molecule has 0 radical (unpaired) electrons. The van der Waals surface area contributed by atoms with E-state index in [0.717, 1.165) is 0 Å². The number of aromatic nitrogens is 1. The van der Waals surface area contributed by atoms with E-state index in [-0.39, 0.29) is 18.6 Å². The van der Waals surface area contributed by atoms with Crippen LogP contribution in [-0.2, 0) is 6.54 Å². The molecule has 90 valence electrons. The van der Waals surface area contributed by atoms with Gasteiger partial charge in [0.1, 0.15) is 5.69 Å². The van der Waals surface area contributed by atoms with Crippen molar-refractivity contribution >= 4 is 17.5 Å².